The summed E-state index contributed by atoms with van der Waals surface area (Å²) in [4.78, 5) is 28.4. The van der Waals surface area contributed by atoms with E-state index in [2.05, 4.69) is 5.32 Å². The Morgan fingerprint density at radius 1 is 0.972 bits per heavy atom. The van der Waals surface area contributed by atoms with Gasteiger partial charge in [-0.1, -0.05) is 38.0 Å². The lowest BCUT2D eigenvalue weighted by Gasteiger charge is -2.31. The molecule has 2 amide bonds. The first-order valence-electron chi connectivity index (χ1n) is 13.2. The van der Waals surface area contributed by atoms with Crippen LogP contribution in [-0.4, -0.2) is 42.0 Å². The van der Waals surface area contributed by atoms with Crippen molar-refractivity contribution in [3.8, 4) is 11.5 Å². The number of hydrogen-bond donors (Lipinski definition) is 1. The first-order chi connectivity index (χ1) is 17.4. The fourth-order valence-electron chi connectivity index (χ4n) is 4.72. The molecule has 36 heavy (non-hydrogen) atoms. The van der Waals surface area contributed by atoms with Crippen molar-refractivity contribution in [3.63, 3.8) is 0 Å². The summed E-state index contributed by atoms with van der Waals surface area (Å²) < 4.78 is 24.8. The van der Waals surface area contributed by atoms with E-state index in [1.54, 1.807) is 17.0 Å². The quantitative estimate of drug-likeness (QED) is 0.400. The lowest BCUT2D eigenvalue weighted by Crippen LogP contribution is -2.51. The number of carbonyl (C=O) groups is 2. The zero-order chi connectivity index (χ0) is 25.9. The monoisotopic (exact) mass is 498 g/mol. The first-order valence-corrected chi connectivity index (χ1v) is 13.2. The molecule has 1 fully saturated rings. The highest BCUT2D eigenvalue weighted by molar-refractivity contribution is 5.88. The van der Waals surface area contributed by atoms with Gasteiger partial charge in [-0.25, -0.2) is 4.39 Å². The van der Waals surface area contributed by atoms with Crippen molar-refractivity contribution in [3.05, 3.63) is 59.4 Å². The fourth-order valence-corrected chi connectivity index (χ4v) is 4.72. The Kier molecular flexibility index (Phi) is 10.6. The number of rotatable bonds is 13. The SMILES string of the molecule is CCOc1ccc(CCC(=O)N(Cc2ccc(F)cc2)[C@H](CC)C(=O)NC2CCCC2)cc1OCC. The molecular weight excluding hydrogens is 459 g/mol. The Hall–Kier alpha value is -3.09. The zero-order valence-corrected chi connectivity index (χ0v) is 21.7. The fraction of sp³-hybridized carbons (Fsp3) is 0.517. The van der Waals surface area contributed by atoms with Crippen molar-refractivity contribution in [2.75, 3.05) is 13.2 Å². The summed E-state index contributed by atoms with van der Waals surface area (Å²) in [5.41, 5.74) is 1.75. The average Bonchev–Trinajstić information content (AvgIpc) is 3.38. The molecule has 0 unspecified atom stereocenters. The zero-order valence-electron chi connectivity index (χ0n) is 21.7. The normalized spacial score (nSPS) is 14.3. The maximum absolute atomic E-state index is 13.5. The summed E-state index contributed by atoms with van der Waals surface area (Å²) >= 11 is 0. The molecule has 3 rings (SSSR count). The molecule has 1 atom stereocenters. The average molecular weight is 499 g/mol. The third kappa shape index (κ3) is 7.70. The van der Waals surface area contributed by atoms with E-state index in [-0.39, 0.29) is 36.6 Å². The van der Waals surface area contributed by atoms with Gasteiger partial charge in [0.15, 0.2) is 11.5 Å². The van der Waals surface area contributed by atoms with Gasteiger partial charge in [0.05, 0.1) is 13.2 Å². The summed E-state index contributed by atoms with van der Waals surface area (Å²) in [6.45, 7) is 7.07. The molecule has 7 heteroatoms. The largest absolute Gasteiger partial charge is 0.490 e. The number of amides is 2. The molecular formula is C29H39FN2O4. The number of benzene rings is 2. The second-order valence-corrected chi connectivity index (χ2v) is 9.21. The van der Waals surface area contributed by atoms with Crippen LogP contribution in [0.2, 0.25) is 0 Å². The van der Waals surface area contributed by atoms with Crippen LogP contribution in [0.15, 0.2) is 42.5 Å². The van der Waals surface area contributed by atoms with Crippen LogP contribution in [0.25, 0.3) is 0 Å². The molecule has 2 aromatic rings. The standard InChI is InChI=1S/C29H39FN2O4/c1-4-25(29(34)31-24-9-7-8-10-24)32(20-22-11-15-23(30)16-12-22)28(33)18-14-21-13-17-26(35-5-2)27(19-21)36-6-3/h11-13,15-17,19,24-25H,4-10,14,18,20H2,1-3H3,(H,31,34)/t25-/m1/s1. The third-order valence-electron chi connectivity index (χ3n) is 6.59. The summed E-state index contributed by atoms with van der Waals surface area (Å²) in [6, 6.07) is 11.4. The summed E-state index contributed by atoms with van der Waals surface area (Å²) in [6.07, 6.45) is 5.45. The van der Waals surface area contributed by atoms with Gasteiger partial charge in [-0.15, -0.1) is 0 Å². The third-order valence-corrected chi connectivity index (χ3v) is 6.59. The van der Waals surface area contributed by atoms with Crippen LogP contribution in [0, 0.1) is 5.82 Å². The number of nitrogens with one attached hydrogen (secondary N) is 1. The molecule has 0 aliphatic heterocycles. The summed E-state index contributed by atoms with van der Waals surface area (Å²) in [5.74, 6) is 0.791. The van der Waals surface area contributed by atoms with E-state index in [1.807, 2.05) is 39.0 Å². The Balaban J connectivity index is 1.76. The Bertz CT molecular complexity index is 989. The highest BCUT2D eigenvalue weighted by atomic mass is 19.1. The number of hydrogen-bond acceptors (Lipinski definition) is 4. The lowest BCUT2D eigenvalue weighted by molar-refractivity contribution is -0.141. The molecule has 0 spiro atoms. The van der Waals surface area contributed by atoms with E-state index < -0.39 is 6.04 Å². The number of ether oxygens (including phenoxy) is 2. The Morgan fingerprint density at radius 3 is 2.25 bits per heavy atom. The van der Waals surface area contributed by atoms with E-state index in [4.69, 9.17) is 9.47 Å². The van der Waals surface area contributed by atoms with Gasteiger partial charge >= 0.3 is 0 Å². The Labute approximate surface area is 214 Å². The highest BCUT2D eigenvalue weighted by Gasteiger charge is 2.30. The van der Waals surface area contributed by atoms with Crippen LogP contribution in [0.3, 0.4) is 0 Å². The van der Waals surface area contributed by atoms with Crippen LogP contribution in [0.4, 0.5) is 4.39 Å². The van der Waals surface area contributed by atoms with Crippen LogP contribution < -0.4 is 14.8 Å². The molecule has 2 aromatic carbocycles. The van der Waals surface area contributed by atoms with Crippen LogP contribution in [0.1, 0.15) is 70.4 Å². The van der Waals surface area contributed by atoms with Gasteiger partial charge in [-0.3, -0.25) is 9.59 Å². The maximum atomic E-state index is 13.5. The van der Waals surface area contributed by atoms with E-state index in [9.17, 15) is 14.0 Å². The molecule has 0 heterocycles. The predicted molar refractivity (Wildman–Crippen MR) is 139 cm³/mol. The van der Waals surface area contributed by atoms with Crippen molar-refractivity contribution in [2.45, 2.75) is 84.3 Å². The Morgan fingerprint density at radius 2 is 1.61 bits per heavy atom. The smallest absolute Gasteiger partial charge is 0.243 e. The lowest BCUT2D eigenvalue weighted by atomic mass is 10.0. The minimum Gasteiger partial charge on any atom is -0.490 e. The molecule has 1 aliphatic carbocycles. The molecule has 6 nitrogen and oxygen atoms in total. The van der Waals surface area contributed by atoms with Crippen molar-refractivity contribution in [1.29, 1.82) is 0 Å². The van der Waals surface area contributed by atoms with Gasteiger partial charge < -0.3 is 19.7 Å². The molecule has 1 saturated carbocycles. The van der Waals surface area contributed by atoms with Crippen molar-refractivity contribution < 1.29 is 23.5 Å². The number of aryl methyl sites for hydroxylation is 1. The summed E-state index contributed by atoms with van der Waals surface area (Å²) in [5, 5.41) is 3.15. The molecule has 1 N–H and O–H groups in total. The molecule has 0 aromatic heterocycles. The van der Waals surface area contributed by atoms with Gasteiger partial charge in [0.1, 0.15) is 11.9 Å². The minimum atomic E-state index is -0.581. The van der Waals surface area contributed by atoms with Crippen LogP contribution >= 0.6 is 0 Å². The highest BCUT2D eigenvalue weighted by Crippen LogP contribution is 2.29. The van der Waals surface area contributed by atoms with Crippen molar-refractivity contribution in [1.82, 2.24) is 10.2 Å². The topological polar surface area (TPSA) is 67.9 Å². The van der Waals surface area contributed by atoms with Crippen molar-refractivity contribution >= 4 is 11.8 Å². The van der Waals surface area contributed by atoms with E-state index in [1.165, 1.54) is 12.1 Å². The van der Waals surface area contributed by atoms with Gasteiger partial charge in [-0.2, -0.15) is 0 Å². The van der Waals surface area contributed by atoms with E-state index in [0.29, 0.717) is 37.6 Å². The van der Waals surface area contributed by atoms with Gasteiger partial charge in [0, 0.05) is 19.0 Å². The molecule has 0 saturated heterocycles. The van der Waals surface area contributed by atoms with Gasteiger partial charge in [-0.05, 0) is 74.9 Å². The number of halogens is 1. The molecule has 0 radical (unpaired) electrons. The van der Waals surface area contributed by atoms with Gasteiger partial charge in [0.2, 0.25) is 11.8 Å². The summed E-state index contributed by atoms with van der Waals surface area (Å²) in [7, 11) is 0. The second-order valence-electron chi connectivity index (χ2n) is 9.21. The first kappa shape index (κ1) is 27.5. The van der Waals surface area contributed by atoms with Crippen molar-refractivity contribution in [2.24, 2.45) is 0 Å². The minimum absolute atomic E-state index is 0.111. The van der Waals surface area contributed by atoms with Crippen LogP contribution in [-0.2, 0) is 22.6 Å². The maximum Gasteiger partial charge on any atom is 0.243 e. The van der Waals surface area contributed by atoms with Gasteiger partial charge in [0.25, 0.3) is 0 Å². The number of carbonyl (C=O) groups excluding carboxylic acids is 2. The van der Waals surface area contributed by atoms with E-state index in [0.717, 1.165) is 36.8 Å². The second kappa shape index (κ2) is 13.9. The number of nitrogens with zero attached hydrogens (tertiary/aromatic N) is 1. The van der Waals surface area contributed by atoms with Crippen LogP contribution in [0.5, 0.6) is 11.5 Å². The predicted octanol–water partition coefficient (Wildman–Crippen LogP) is 5.42. The molecule has 1 aliphatic rings. The molecule has 196 valence electrons. The van der Waals surface area contributed by atoms with E-state index >= 15 is 0 Å². The molecule has 0 bridgehead atoms.